The van der Waals surface area contributed by atoms with Crippen molar-refractivity contribution >= 4 is 20.2 Å². The Hall–Kier alpha value is -3.30. The second-order valence-electron chi connectivity index (χ2n) is 12.5. The third kappa shape index (κ3) is 7.56. The molecule has 250 valence electrons. The predicted molar refractivity (Wildman–Crippen MR) is 176 cm³/mol. The van der Waals surface area contributed by atoms with Crippen LogP contribution in [0, 0.1) is 0 Å². The lowest BCUT2D eigenvalue weighted by atomic mass is 9.73. The van der Waals surface area contributed by atoms with E-state index >= 15 is 0 Å². The molecule has 2 N–H and O–H groups in total. The van der Waals surface area contributed by atoms with Crippen molar-refractivity contribution in [2.24, 2.45) is 0 Å². The van der Waals surface area contributed by atoms with Gasteiger partial charge in [0, 0.05) is 12.7 Å². The summed E-state index contributed by atoms with van der Waals surface area (Å²) in [6.45, 7) is 0.686. The van der Waals surface area contributed by atoms with Gasteiger partial charge in [0.2, 0.25) is 11.8 Å². The maximum atomic E-state index is 13.7. The van der Waals surface area contributed by atoms with Gasteiger partial charge in [-0.2, -0.15) is 13.2 Å². The highest BCUT2D eigenvalue weighted by molar-refractivity contribution is 7.47. The molecule has 0 saturated carbocycles. The molecule has 6 rings (SSSR count). The lowest BCUT2D eigenvalue weighted by molar-refractivity contribution is -0.141. The number of unbranched alkanes of at least 4 members (excludes halogenated alkanes) is 1. The number of nitrogens with one attached hydrogen (secondary N) is 2. The average molecular weight is 668 g/mol. The van der Waals surface area contributed by atoms with E-state index in [1.165, 1.54) is 0 Å². The van der Waals surface area contributed by atoms with Crippen LogP contribution in [0.5, 0.6) is 0 Å². The van der Waals surface area contributed by atoms with E-state index in [2.05, 4.69) is 10.6 Å². The molecule has 3 aromatic carbocycles. The highest BCUT2D eigenvalue weighted by Gasteiger charge is 2.49. The lowest BCUT2D eigenvalue weighted by Crippen LogP contribution is -2.54. The molecule has 2 heterocycles. The van der Waals surface area contributed by atoms with Crippen molar-refractivity contribution in [2.75, 3.05) is 32.5 Å². The first-order valence-corrected chi connectivity index (χ1v) is 17.8. The molecule has 7 nitrogen and oxygen atoms in total. The quantitative estimate of drug-likeness (QED) is 0.176. The largest absolute Gasteiger partial charge is 0.405 e. The van der Waals surface area contributed by atoms with Crippen LogP contribution < -0.4 is 10.6 Å². The molecular formula is C36H41F3N3O4P. The van der Waals surface area contributed by atoms with Crippen molar-refractivity contribution in [2.45, 2.75) is 68.7 Å². The Kier molecular flexibility index (Phi) is 10.6. The van der Waals surface area contributed by atoms with E-state index in [0.717, 1.165) is 53.6 Å². The van der Waals surface area contributed by atoms with Gasteiger partial charge in [-0.15, -0.1) is 0 Å². The van der Waals surface area contributed by atoms with E-state index in [1.807, 2.05) is 83.8 Å². The Morgan fingerprint density at radius 2 is 1.53 bits per heavy atom. The summed E-state index contributed by atoms with van der Waals surface area (Å²) in [6.07, 6.45) is 0.632. The number of carbonyl (C=O) groups excluding carboxylic acids is 2. The third-order valence-corrected chi connectivity index (χ3v) is 10.9. The fourth-order valence-electron chi connectivity index (χ4n) is 7.08. The molecule has 0 spiro atoms. The van der Waals surface area contributed by atoms with Crippen LogP contribution in [0.3, 0.4) is 0 Å². The normalized spacial score (nSPS) is 21.8. The fourth-order valence-corrected chi connectivity index (χ4v) is 8.57. The maximum Gasteiger partial charge on any atom is 0.405 e. The number of alkyl halides is 3. The Balaban J connectivity index is 1.10. The van der Waals surface area contributed by atoms with E-state index in [4.69, 9.17) is 9.05 Å². The summed E-state index contributed by atoms with van der Waals surface area (Å²) < 4.78 is 52.0. The van der Waals surface area contributed by atoms with E-state index in [-0.39, 0.29) is 18.0 Å². The van der Waals surface area contributed by atoms with Crippen LogP contribution in [0.2, 0.25) is 0 Å². The summed E-state index contributed by atoms with van der Waals surface area (Å²) in [5, 5.41) is 5.57. The molecule has 1 atom stereocenters. The van der Waals surface area contributed by atoms with Crippen LogP contribution in [0.4, 0.5) is 13.2 Å². The van der Waals surface area contributed by atoms with Gasteiger partial charge in [-0.05, 0) is 60.0 Å². The highest BCUT2D eigenvalue weighted by atomic mass is 31.2. The molecule has 2 aliphatic heterocycles. The molecule has 2 fully saturated rings. The van der Waals surface area contributed by atoms with Crippen molar-refractivity contribution in [3.63, 3.8) is 0 Å². The molecule has 3 aliphatic rings. The Morgan fingerprint density at radius 1 is 0.894 bits per heavy atom. The maximum absolute atomic E-state index is 13.7. The van der Waals surface area contributed by atoms with E-state index in [1.54, 1.807) is 0 Å². The first kappa shape index (κ1) is 33.6. The minimum absolute atomic E-state index is 0.0724. The average Bonchev–Trinajstić information content (AvgIpc) is 3.39. The predicted octanol–water partition coefficient (Wildman–Crippen LogP) is 6.70. The number of amides is 2. The molecule has 2 amide bonds. The molecule has 0 bridgehead atoms. The molecule has 1 aliphatic carbocycles. The molecule has 47 heavy (non-hydrogen) atoms. The summed E-state index contributed by atoms with van der Waals surface area (Å²) in [5.74, 6) is -0.565. The van der Waals surface area contributed by atoms with Crippen molar-refractivity contribution in [1.82, 2.24) is 15.5 Å². The van der Waals surface area contributed by atoms with Crippen molar-refractivity contribution < 1.29 is 31.8 Å². The minimum Gasteiger partial charge on any atom is -0.346 e. The van der Waals surface area contributed by atoms with E-state index in [9.17, 15) is 22.8 Å². The van der Waals surface area contributed by atoms with Gasteiger partial charge in [-0.25, -0.2) is 0 Å². The number of rotatable bonds is 11. The summed E-state index contributed by atoms with van der Waals surface area (Å²) >= 11 is 0. The van der Waals surface area contributed by atoms with Gasteiger partial charge in [-0.1, -0.05) is 91.7 Å². The number of piperidine rings is 1. The summed E-state index contributed by atoms with van der Waals surface area (Å²) in [4.78, 5) is 29.3. The van der Waals surface area contributed by atoms with Crippen LogP contribution in [0.1, 0.15) is 55.2 Å². The Morgan fingerprint density at radius 3 is 2.15 bits per heavy atom. The zero-order chi connectivity index (χ0) is 32.9. The van der Waals surface area contributed by atoms with Crippen LogP contribution in [0.25, 0.3) is 11.1 Å². The van der Waals surface area contributed by atoms with Crippen LogP contribution >= 0.6 is 8.38 Å². The van der Waals surface area contributed by atoms with Crippen molar-refractivity contribution in [1.29, 1.82) is 0 Å². The summed E-state index contributed by atoms with van der Waals surface area (Å²) in [7, 11) is -1.20. The van der Waals surface area contributed by atoms with Gasteiger partial charge in [0.25, 0.3) is 0 Å². The smallest absolute Gasteiger partial charge is 0.346 e. The molecule has 3 aromatic rings. The SMILES string of the molecule is O=C(C1CCCCN1)N(Cc1ccccc1)C1COP(CCCCC2(C(=O)NCC(F)(F)F)c3ccccc3-c3ccccc32)OC1. The summed E-state index contributed by atoms with van der Waals surface area (Å²) in [6, 6.07) is 24.5. The monoisotopic (exact) mass is 667 g/mol. The van der Waals surface area contributed by atoms with E-state index in [0.29, 0.717) is 45.2 Å². The van der Waals surface area contributed by atoms with Crippen LogP contribution in [-0.2, 0) is 30.6 Å². The lowest BCUT2D eigenvalue weighted by Gasteiger charge is -2.39. The second-order valence-corrected chi connectivity index (χ2v) is 14.1. The molecule has 0 radical (unpaired) electrons. The Labute approximate surface area is 275 Å². The number of hydrogen-bond acceptors (Lipinski definition) is 5. The number of fused-ring (bicyclic) bond motifs is 3. The second kappa shape index (κ2) is 14.9. The number of benzene rings is 3. The van der Waals surface area contributed by atoms with Gasteiger partial charge in [0.1, 0.15) is 12.0 Å². The molecular weight excluding hydrogens is 626 g/mol. The van der Waals surface area contributed by atoms with Crippen molar-refractivity contribution in [3.8, 4) is 11.1 Å². The van der Waals surface area contributed by atoms with Gasteiger partial charge in [0.05, 0.1) is 25.3 Å². The zero-order valence-corrected chi connectivity index (χ0v) is 27.2. The number of halogens is 3. The molecule has 11 heteroatoms. The van der Waals surface area contributed by atoms with E-state index < -0.39 is 32.4 Å². The Bertz CT molecular complexity index is 1480. The zero-order valence-electron chi connectivity index (χ0n) is 26.3. The fraction of sp³-hybridized carbons (Fsp3) is 0.444. The highest BCUT2D eigenvalue weighted by Crippen LogP contribution is 2.52. The topological polar surface area (TPSA) is 79.9 Å². The van der Waals surface area contributed by atoms with Crippen LogP contribution in [-0.4, -0.2) is 67.4 Å². The van der Waals surface area contributed by atoms with Crippen LogP contribution in [0.15, 0.2) is 78.9 Å². The van der Waals surface area contributed by atoms with Gasteiger partial charge in [-0.3, -0.25) is 9.59 Å². The van der Waals surface area contributed by atoms with Gasteiger partial charge >= 0.3 is 6.18 Å². The molecule has 0 aromatic heterocycles. The van der Waals surface area contributed by atoms with Gasteiger partial charge in [0.15, 0.2) is 8.38 Å². The molecule has 2 saturated heterocycles. The standard InChI is InChI=1S/C36H41F3N3O4P/c37-36(38,39)25-41-34(44)35(30-16-6-4-14-28(30)29-15-5-7-17-31(29)35)19-9-11-21-47-45-23-27(24-46-47)42(22-26-12-2-1-3-13-26)33(43)32-18-8-10-20-40-32/h1-7,12-17,27,32,40H,8-11,18-25H2,(H,41,44). The number of nitrogens with zero attached hydrogens (tertiary/aromatic N) is 1. The first-order valence-electron chi connectivity index (χ1n) is 16.4. The van der Waals surface area contributed by atoms with Gasteiger partial charge < -0.3 is 24.6 Å². The third-order valence-electron chi connectivity index (χ3n) is 9.39. The van der Waals surface area contributed by atoms with Crippen molar-refractivity contribution in [3.05, 3.63) is 95.6 Å². The molecule has 1 unspecified atom stereocenters. The minimum atomic E-state index is -4.52. The number of hydrogen-bond donors (Lipinski definition) is 2. The first-order chi connectivity index (χ1) is 22.8. The summed E-state index contributed by atoms with van der Waals surface area (Å²) in [5.41, 5.74) is 3.03. The number of carbonyl (C=O) groups is 2.